The number of ether oxygens (including phenoxy) is 1. The first kappa shape index (κ1) is 13.7. The van der Waals surface area contributed by atoms with Crippen LogP contribution in [0, 0.1) is 12.7 Å². The zero-order valence-electron chi connectivity index (χ0n) is 10.7. The van der Waals surface area contributed by atoms with E-state index in [0.717, 1.165) is 0 Å². The third-order valence-corrected chi connectivity index (χ3v) is 2.80. The molecule has 0 radical (unpaired) electrons. The molecule has 2 N–H and O–H groups in total. The molecule has 7 heteroatoms. The fraction of sp³-hybridized carbons (Fsp3) is 0.154. The molecule has 104 valence electrons. The number of carbonyl (C=O) groups is 2. The van der Waals surface area contributed by atoms with Crippen molar-refractivity contribution in [2.75, 3.05) is 7.11 Å². The van der Waals surface area contributed by atoms with Gasteiger partial charge in [0, 0.05) is 5.56 Å². The van der Waals surface area contributed by atoms with Gasteiger partial charge in [-0.25, -0.2) is 14.0 Å². The number of esters is 1. The highest BCUT2D eigenvalue weighted by Crippen LogP contribution is 2.25. The molecule has 1 aromatic heterocycles. The van der Waals surface area contributed by atoms with Crippen LogP contribution in [0.15, 0.2) is 18.2 Å². The lowest BCUT2D eigenvalue weighted by Crippen LogP contribution is -2.05. The molecule has 0 aliphatic heterocycles. The van der Waals surface area contributed by atoms with Gasteiger partial charge in [0.25, 0.3) is 0 Å². The van der Waals surface area contributed by atoms with Crippen molar-refractivity contribution in [3.8, 4) is 11.3 Å². The molecular formula is C13H11FN2O4. The monoisotopic (exact) mass is 278 g/mol. The van der Waals surface area contributed by atoms with Crippen LogP contribution < -0.4 is 0 Å². The number of hydrogen-bond acceptors (Lipinski definition) is 4. The second-order valence-electron chi connectivity index (χ2n) is 4.11. The molecule has 0 unspecified atom stereocenters. The van der Waals surface area contributed by atoms with Gasteiger partial charge >= 0.3 is 11.9 Å². The van der Waals surface area contributed by atoms with Crippen molar-refractivity contribution < 1.29 is 23.8 Å². The Morgan fingerprint density at radius 1 is 1.35 bits per heavy atom. The van der Waals surface area contributed by atoms with Crippen LogP contribution in [0.1, 0.15) is 26.4 Å². The Labute approximate surface area is 113 Å². The van der Waals surface area contributed by atoms with Crippen LogP contribution in [0.5, 0.6) is 0 Å². The summed E-state index contributed by atoms with van der Waals surface area (Å²) >= 11 is 0. The maximum Gasteiger partial charge on any atom is 0.353 e. The molecule has 0 spiro atoms. The summed E-state index contributed by atoms with van der Waals surface area (Å²) in [6.45, 7) is 1.58. The summed E-state index contributed by atoms with van der Waals surface area (Å²) < 4.78 is 18.5. The molecule has 0 fully saturated rings. The number of nitrogens with one attached hydrogen (secondary N) is 1. The van der Waals surface area contributed by atoms with Crippen LogP contribution in [0.25, 0.3) is 11.3 Å². The SMILES string of the molecule is COC(=O)c1cc(-c2cc(C(=O)O)[nH]n2)c(F)cc1C. The van der Waals surface area contributed by atoms with E-state index in [2.05, 4.69) is 14.9 Å². The first-order valence-electron chi connectivity index (χ1n) is 5.61. The van der Waals surface area contributed by atoms with Crippen LogP contribution in [0.2, 0.25) is 0 Å². The topological polar surface area (TPSA) is 92.3 Å². The molecule has 1 heterocycles. The molecule has 0 amide bonds. The number of rotatable bonds is 3. The van der Waals surface area contributed by atoms with Crippen LogP contribution >= 0.6 is 0 Å². The summed E-state index contributed by atoms with van der Waals surface area (Å²) in [6.07, 6.45) is 0. The molecule has 2 rings (SSSR count). The highest BCUT2D eigenvalue weighted by Gasteiger charge is 2.17. The number of carboxylic acid groups (broad SMARTS) is 1. The zero-order valence-corrected chi connectivity index (χ0v) is 10.7. The van der Waals surface area contributed by atoms with Crippen molar-refractivity contribution in [2.24, 2.45) is 0 Å². The zero-order chi connectivity index (χ0) is 14.9. The number of aromatic nitrogens is 2. The smallest absolute Gasteiger partial charge is 0.353 e. The van der Waals surface area contributed by atoms with Crippen molar-refractivity contribution in [1.29, 1.82) is 0 Å². The third kappa shape index (κ3) is 2.37. The maximum atomic E-state index is 13.9. The average molecular weight is 278 g/mol. The van der Waals surface area contributed by atoms with Crippen molar-refractivity contribution in [2.45, 2.75) is 6.92 Å². The first-order chi connectivity index (χ1) is 9.43. The van der Waals surface area contributed by atoms with Gasteiger partial charge in [-0.2, -0.15) is 5.10 Å². The predicted molar refractivity (Wildman–Crippen MR) is 67.0 cm³/mol. The lowest BCUT2D eigenvalue weighted by Gasteiger charge is -2.07. The Hall–Kier alpha value is -2.70. The fourth-order valence-corrected chi connectivity index (χ4v) is 1.77. The molecule has 0 saturated carbocycles. The van der Waals surface area contributed by atoms with E-state index in [-0.39, 0.29) is 22.5 Å². The van der Waals surface area contributed by atoms with Crippen molar-refractivity contribution in [3.05, 3.63) is 40.8 Å². The van der Waals surface area contributed by atoms with Gasteiger partial charge in [0.2, 0.25) is 0 Å². The van der Waals surface area contributed by atoms with Gasteiger partial charge in [0.05, 0.1) is 18.4 Å². The highest BCUT2D eigenvalue weighted by atomic mass is 19.1. The number of halogens is 1. The molecule has 1 aromatic carbocycles. The van der Waals surface area contributed by atoms with Crippen molar-refractivity contribution in [1.82, 2.24) is 10.2 Å². The lowest BCUT2D eigenvalue weighted by molar-refractivity contribution is 0.0599. The third-order valence-electron chi connectivity index (χ3n) is 2.80. The Balaban J connectivity index is 2.55. The number of H-pyrrole nitrogens is 1. The number of aryl methyl sites for hydroxylation is 1. The quantitative estimate of drug-likeness (QED) is 0.838. The van der Waals surface area contributed by atoms with E-state index >= 15 is 0 Å². The summed E-state index contributed by atoms with van der Waals surface area (Å²) in [5, 5.41) is 14.8. The molecule has 2 aromatic rings. The highest BCUT2D eigenvalue weighted by molar-refractivity contribution is 5.93. The Morgan fingerprint density at radius 3 is 2.60 bits per heavy atom. The van der Waals surface area contributed by atoms with E-state index in [4.69, 9.17) is 5.11 Å². The van der Waals surface area contributed by atoms with Crippen LogP contribution in [-0.4, -0.2) is 34.4 Å². The van der Waals surface area contributed by atoms with Crippen molar-refractivity contribution in [3.63, 3.8) is 0 Å². The number of hydrogen-bond donors (Lipinski definition) is 2. The van der Waals surface area contributed by atoms with E-state index in [9.17, 15) is 14.0 Å². The summed E-state index contributed by atoms with van der Waals surface area (Å²) in [5.74, 6) is -2.40. The van der Waals surface area contributed by atoms with Crippen LogP contribution in [-0.2, 0) is 4.74 Å². The summed E-state index contributed by atoms with van der Waals surface area (Å²) in [7, 11) is 1.22. The van der Waals surface area contributed by atoms with Gasteiger partial charge < -0.3 is 9.84 Å². The Bertz CT molecular complexity index is 694. The number of aromatic amines is 1. The van der Waals surface area contributed by atoms with Gasteiger partial charge in [-0.15, -0.1) is 0 Å². The van der Waals surface area contributed by atoms with E-state index < -0.39 is 17.8 Å². The molecule has 0 saturated heterocycles. The van der Waals surface area contributed by atoms with E-state index in [1.54, 1.807) is 6.92 Å². The lowest BCUT2D eigenvalue weighted by atomic mass is 10.0. The number of nitrogens with zero attached hydrogens (tertiary/aromatic N) is 1. The number of methoxy groups -OCH3 is 1. The molecule has 20 heavy (non-hydrogen) atoms. The predicted octanol–water partition coefficient (Wildman–Crippen LogP) is 2.01. The largest absolute Gasteiger partial charge is 0.477 e. The second kappa shape index (κ2) is 5.12. The minimum Gasteiger partial charge on any atom is -0.477 e. The number of aromatic carboxylic acids is 1. The second-order valence-corrected chi connectivity index (χ2v) is 4.11. The molecule has 6 nitrogen and oxygen atoms in total. The van der Waals surface area contributed by atoms with Gasteiger partial charge in [-0.05, 0) is 30.7 Å². The van der Waals surface area contributed by atoms with E-state index in [1.165, 1.54) is 25.3 Å². The average Bonchev–Trinajstić information content (AvgIpc) is 2.87. The maximum absolute atomic E-state index is 13.9. The van der Waals surface area contributed by atoms with Crippen LogP contribution in [0.4, 0.5) is 4.39 Å². The van der Waals surface area contributed by atoms with Gasteiger partial charge in [-0.1, -0.05) is 0 Å². The number of carbonyl (C=O) groups excluding carboxylic acids is 1. The molecule has 0 aliphatic carbocycles. The minimum atomic E-state index is -1.20. The number of benzene rings is 1. The molecule has 0 bridgehead atoms. The standard InChI is InChI=1S/C13H11FN2O4/c1-6-3-9(14)8(4-7(6)13(19)20-2)10-5-11(12(17)18)16-15-10/h3-5H,1-2H3,(H,15,16)(H,17,18). The summed E-state index contributed by atoms with van der Waals surface area (Å²) in [6, 6.07) is 3.66. The summed E-state index contributed by atoms with van der Waals surface area (Å²) in [4.78, 5) is 22.3. The van der Waals surface area contributed by atoms with Gasteiger partial charge in [-0.3, -0.25) is 5.10 Å². The molecular weight excluding hydrogens is 267 g/mol. The molecule has 0 atom stereocenters. The number of carboxylic acids is 1. The van der Waals surface area contributed by atoms with E-state index in [1.807, 2.05) is 0 Å². The first-order valence-corrected chi connectivity index (χ1v) is 5.61. The van der Waals surface area contributed by atoms with Crippen LogP contribution in [0.3, 0.4) is 0 Å². The Morgan fingerprint density at radius 2 is 2.05 bits per heavy atom. The normalized spacial score (nSPS) is 10.3. The molecule has 0 aliphatic rings. The fourth-order valence-electron chi connectivity index (χ4n) is 1.77. The van der Waals surface area contributed by atoms with Crippen molar-refractivity contribution >= 4 is 11.9 Å². The summed E-state index contributed by atoms with van der Waals surface area (Å²) in [5.41, 5.74) is 0.584. The minimum absolute atomic E-state index is 0.0275. The van der Waals surface area contributed by atoms with Gasteiger partial charge in [0.15, 0.2) is 0 Å². The Kier molecular flexibility index (Phi) is 3.51. The van der Waals surface area contributed by atoms with E-state index in [0.29, 0.717) is 5.56 Å². The van der Waals surface area contributed by atoms with Gasteiger partial charge in [0.1, 0.15) is 11.5 Å².